The number of thiophene rings is 2. The Labute approximate surface area is 127 Å². The van der Waals surface area contributed by atoms with Gasteiger partial charge in [-0.3, -0.25) is 4.79 Å². The maximum absolute atomic E-state index is 12.6. The van der Waals surface area contributed by atoms with Gasteiger partial charge in [0.2, 0.25) is 0 Å². The monoisotopic (exact) mass is 309 g/mol. The highest BCUT2D eigenvalue weighted by molar-refractivity contribution is 7.39. The predicted octanol–water partition coefficient (Wildman–Crippen LogP) is 3.77. The molecule has 1 saturated heterocycles. The van der Waals surface area contributed by atoms with Gasteiger partial charge in [0.15, 0.2) is 0 Å². The summed E-state index contributed by atoms with van der Waals surface area (Å²) in [5.41, 5.74) is 0. The molecule has 2 aromatic heterocycles. The standard InChI is InChI=1S/C15H19NO2S2/c1-4-12-5-11-6-13(20-15(11)19-12)14(17)16-7-9(2)18-10(3)8-16/h5-6,9-10H,4,7-8H2,1-3H3. The van der Waals surface area contributed by atoms with Gasteiger partial charge in [0.05, 0.1) is 21.1 Å². The molecule has 2 atom stereocenters. The van der Waals surface area contributed by atoms with Crippen molar-refractivity contribution in [1.82, 2.24) is 4.90 Å². The fraction of sp³-hybridized carbons (Fsp3) is 0.533. The molecule has 0 N–H and O–H groups in total. The largest absolute Gasteiger partial charge is 0.372 e. The molecule has 0 aliphatic carbocycles. The number of fused-ring (bicyclic) bond motifs is 1. The van der Waals surface area contributed by atoms with Crippen LogP contribution in [0.5, 0.6) is 0 Å². The Kier molecular flexibility index (Phi) is 3.84. The van der Waals surface area contributed by atoms with Crippen molar-refractivity contribution in [3.63, 3.8) is 0 Å². The lowest BCUT2D eigenvalue weighted by Crippen LogP contribution is -2.48. The molecule has 3 rings (SSSR count). The average Bonchev–Trinajstić information content (AvgIpc) is 2.94. The zero-order valence-corrected chi connectivity index (χ0v) is 13.6. The summed E-state index contributed by atoms with van der Waals surface area (Å²) >= 11 is 3.43. The first-order valence-electron chi connectivity index (χ1n) is 7.03. The highest BCUT2D eigenvalue weighted by atomic mass is 32.2. The summed E-state index contributed by atoms with van der Waals surface area (Å²) in [7, 11) is 0. The number of morpholine rings is 1. The molecule has 20 heavy (non-hydrogen) atoms. The molecule has 0 saturated carbocycles. The molecule has 0 aromatic carbocycles. The summed E-state index contributed by atoms with van der Waals surface area (Å²) in [5.74, 6) is 0.151. The van der Waals surface area contributed by atoms with E-state index in [1.807, 2.05) is 24.8 Å². The quantitative estimate of drug-likeness (QED) is 0.845. The number of amides is 1. The maximum Gasteiger partial charge on any atom is 0.264 e. The number of rotatable bonds is 2. The Morgan fingerprint density at radius 3 is 2.60 bits per heavy atom. The van der Waals surface area contributed by atoms with Gasteiger partial charge in [0, 0.05) is 23.4 Å². The van der Waals surface area contributed by atoms with Crippen LogP contribution in [0.25, 0.3) is 9.40 Å². The van der Waals surface area contributed by atoms with E-state index in [0.29, 0.717) is 13.1 Å². The van der Waals surface area contributed by atoms with E-state index in [0.717, 1.165) is 11.3 Å². The van der Waals surface area contributed by atoms with Crippen molar-refractivity contribution in [3.8, 4) is 0 Å². The number of ether oxygens (including phenoxy) is 1. The summed E-state index contributed by atoms with van der Waals surface area (Å²) < 4.78 is 6.95. The Balaban J connectivity index is 1.82. The maximum atomic E-state index is 12.6. The van der Waals surface area contributed by atoms with Gasteiger partial charge in [-0.25, -0.2) is 0 Å². The van der Waals surface area contributed by atoms with Gasteiger partial charge in [-0.05, 0) is 32.4 Å². The fourth-order valence-corrected chi connectivity index (χ4v) is 5.07. The van der Waals surface area contributed by atoms with Crippen LogP contribution in [0.1, 0.15) is 35.3 Å². The van der Waals surface area contributed by atoms with Crippen molar-refractivity contribution in [1.29, 1.82) is 0 Å². The lowest BCUT2D eigenvalue weighted by atomic mass is 10.2. The lowest BCUT2D eigenvalue weighted by Gasteiger charge is -2.35. The lowest BCUT2D eigenvalue weighted by molar-refractivity contribution is -0.0585. The van der Waals surface area contributed by atoms with Crippen molar-refractivity contribution in [2.24, 2.45) is 0 Å². The first-order valence-corrected chi connectivity index (χ1v) is 8.67. The van der Waals surface area contributed by atoms with E-state index < -0.39 is 0 Å². The van der Waals surface area contributed by atoms with Crippen molar-refractivity contribution in [2.45, 2.75) is 39.4 Å². The van der Waals surface area contributed by atoms with Gasteiger partial charge in [-0.1, -0.05) is 6.92 Å². The molecule has 0 spiro atoms. The third kappa shape index (κ3) is 2.62. The minimum absolute atomic E-state index is 0.121. The zero-order chi connectivity index (χ0) is 14.3. The Bertz CT molecular complexity index is 589. The first kappa shape index (κ1) is 14.0. The number of carbonyl (C=O) groups excluding carboxylic acids is 1. The van der Waals surface area contributed by atoms with Crippen LogP contribution in [0.2, 0.25) is 0 Å². The molecule has 1 fully saturated rings. The van der Waals surface area contributed by atoms with E-state index in [1.54, 1.807) is 22.7 Å². The molecule has 3 nitrogen and oxygen atoms in total. The van der Waals surface area contributed by atoms with E-state index in [9.17, 15) is 4.79 Å². The third-order valence-corrected chi connectivity index (χ3v) is 6.05. The minimum atomic E-state index is 0.121. The topological polar surface area (TPSA) is 29.5 Å². The molecular weight excluding hydrogens is 290 g/mol. The van der Waals surface area contributed by atoms with Crippen molar-refractivity contribution >= 4 is 38.0 Å². The summed E-state index contributed by atoms with van der Waals surface area (Å²) in [5, 5.41) is 1.22. The second kappa shape index (κ2) is 5.47. The second-order valence-corrected chi connectivity index (χ2v) is 7.83. The third-order valence-electron chi connectivity index (χ3n) is 3.53. The van der Waals surface area contributed by atoms with Gasteiger partial charge in [-0.15, -0.1) is 22.7 Å². The van der Waals surface area contributed by atoms with Crippen LogP contribution in [-0.4, -0.2) is 36.1 Å². The van der Waals surface area contributed by atoms with Gasteiger partial charge in [-0.2, -0.15) is 0 Å². The number of hydrogen-bond acceptors (Lipinski definition) is 4. The molecule has 1 aliphatic heterocycles. The summed E-state index contributed by atoms with van der Waals surface area (Å²) in [4.78, 5) is 16.8. The van der Waals surface area contributed by atoms with Crippen LogP contribution in [0, 0.1) is 0 Å². The molecular formula is C15H19NO2S2. The molecule has 108 valence electrons. The van der Waals surface area contributed by atoms with Crippen molar-refractivity contribution < 1.29 is 9.53 Å². The molecule has 0 radical (unpaired) electrons. The van der Waals surface area contributed by atoms with Crippen LogP contribution in [0.15, 0.2) is 12.1 Å². The highest BCUT2D eigenvalue weighted by Gasteiger charge is 2.27. The van der Waals surface area contributed by atoms with Crippen molar-refractivity contribution in [2.75, 3.05) is 13.1 Å². The number of nitrogens with zero attached hydrogens (tertiary/aromatic N) is 1. The van der Waals surface area contributed by atoms with E-state index in [2.05, 4.69) is 13.0 Å². The normalized spacial score (nSPS) is 23.4. The Morgan fingerprint density at radius 1 is 1.30 bits per heavy atom. The average molecular weight is 309 g/mol. The van der Waals surface area contributed by atoms with E-state index >= 15 is 0 Å². The highest BCUT2D eigenvalue weighted by Crippen LogP contribution is 2.34. The van der Waals surface area contributed by atoms with E-state index in [-0.39, 0.29) is 18.1 Å². The SMILES string of the molecule is CCc1cc2cc(C(=O)N3CC(C)OC(C)C3)sc2s1. The van der Waals surface area contributed by atoms with Crippen LogP contribution < -0.4 is 0 Å². The molecule has 1 aliphatic rings. The van der Waals surface area contributed by atoms with Crippen LogP contribution in [0.4, 0.5) is 0 Å². The molecule has 0 bridgehead atoms. The van der Waals surface area contributed by atoms with Gasteiger partial charge < -0.3 is 9.64 Å². The number of carbonyl (C=O) groups is 1. The minimum Gasteiger partial charge on any atom is -0.372 e. The predicted molar refractivity (Wildman–Crippen MR) is 85.0 cm³/mol. The van der Waals surface area contributed by atoms with Crippen LogP contribution in [0.3, 0.4) is 0 Å². The van der Waals surface area contributed by atoms with Gasteiger partial charge >= 0.3 is 0 Å². The summed E-state index contributed by atoms with van der Waals surface area (Å²) in [6.45, 7) is 7.59. The van der Waals surface area contributed by atoms with E-state index in [4.69, 9.17) is 4.74 Å². The summed E-state index contributed by atoms with van der Waals surface area (Å²) in [6.07, 6.45) is 1.30. The number of hydrogen-bond donors (Lipinski definition) is 0. The summed E-state index contributed by atoms with van der Waals surface area (Å²) in [6, 6.07) is 4.25. The van der Waals surface area contributed by atoms with Crippen LogP contribution in [-0.2, 0) is 11.2 Å². The number of aryl methyl sites for hydroxylation is 1. The second-order valence-electron chi connectivity index (χ2n) is 5.39. The molecule has 3 heterocycles. The van der Waals surface area contributed by atoms with Gasteiger partial charge in [0.25, 0.3) is 5.91 Å². The van der Waals surface area contributed by atoms with E-state index in [1.165, 1.54) is 14.3 Å². The first-order chi connectivity index (χ1) is 9.56. The Morgan fingerprint density at radius 2 is 2.00 bits per heavy atom. The molecule has 1 amide bonds. The van der Waals surface area contributed by atoms with Crippen LogP contribution >= 0.6 is 22.7 Å². The molecule has 2 aromatic rings. The van der Waals surface area contributed by atoms with Crippen molar-refractivity contribution in [3.05, 3.63) is 21.9 Å². The molecule has 5 heteroatoms. The van der Waals surface area contributed by atoms with Gasteiger partial charge in [0.1, 0.15) is 0 Å². The fourth-order valence-electron chi connectivity index (χ4n) is 2.67. The Hall–Kier alpha value is -0.910. The zero-order valence-electron chi connectivity index (χ0n) is 12.0. The smallest absolute Gasteiger partial charge is 0.264 e. The molecule has 2 unspecified atom stereocenters.